The molecule has 2 aromatic carbocycles. The molecule has 1 amide bonds. The average Bonchev–Trinajstić information content (AvgIpc) is 3.00. The summed E-state index contributed by atoms with van der Waals surface area (Å²) in [6, 6.07) is 15.7. The first kappa shape index (κ1) is 15.8. The van der Waals surface area contributed by atoms with Crippen LogP contribution in [0.1, 0.15) is 0 Å². The van der Waals surface area contributed by atoms with Gasteiger partial charge in [-0.3, -0.25) is 4.79 Å². The van der Waals surface area contributed by atoms with E-state index in [0.717, 1.165) is 28.1 Å². The molecule has 25 heavy (non-hydrogen) atoms. The van der Waals surface area contributed by atoms with Gasteiger partial charge in [-0.05, 0) is 36.4 Å². The lowest BCUT2D eigenvalue weighted by Crippen LogP contribution is -2.39. The quantitative estimate of drug-likeness (QED) is 0.798. The molecule has 1 aliphatic rings. The minimum Gasteiger partial charge on any atom is -0.376 e. The Hall–Kier alpha value is -2.70. The zero-order valence-corrected chi connectivity index (χ0v) is 13.9. The summed E-state index contributed by atoms with van der Waals surface area (Å²) in [7, 11) is 2.00. The van der Waals surface area contributed by atoms with Crippen LogP contribution in [0.25, 0.3) is 22.4 Å². The van der Waals surface area contributed by atoms with E-state index in [9.17, 15) is 4.79 Å². The fourth-order valence-corrected chi connectivity index (χ4v) is 2.97. The number of anilines is 1. The number of nitrogens with zero attached hydrogens (tertiary/aromatic N) is 2. The van der Waals surface area contributed by atoms with Crippen LogP contribution in [-0.2, 0) is 21.3 Å². The van der Waals surface area contributed by atoms with E-state index in [1.807, 2.05) is 55.6 Å². The Kier molecular flexibility index (Phi) is 4.21. The van der Waals surface area contributed by atoms with Crippen LogP contribution < -0.4 is 5.32 Å². The summed E-state index contributed by atoms with van der Waals surface area (Å²) in [4.78, 5) is 16.8. The maximum Gasteiger partial charge on any atom is 0.255 e. The lowest BCUT2D eigenvalue weighted by atomic mass is 10.2. The summed E-state index contributed by atoms with van der Waals surface area (Å²) in [6.45, 7) is 1.28. The largest absolute Gasteiger partial charge is 0.376 e. The van der Waals surface area contributed by atoms with Crippen molar-refractivity contribution in [2.45, 2.75) is 6.10 Å². The first-order chi connectivity index (χ1) is 12.2. The Labute approximate surface area is 145 Å². The summed E-state index contributed by atoms with van der Waals surface area (Å²) >= 11 is 0. The number of para-hydroxylation sites is 2. The van der Waals surface area contributed by atoms with E-state index in [1.54, 1.807) is 0 Å². The number of benzene rings is 2. The van der Waals surface area contributed by atoms with Crippen LogP contribution in [-0.4, -0.2) is 41.4 Å². The van der Waals surface area contributed by atoms with Gasteiger partial charge in [0.25, 0.3) is 5.91 Å². The molecule has 0 bridgehead atoms. The third kappa shape index (κ3) is 3.14. The van der Waals surface area contributed by atoms with Gasteiger partial charge in [0, 0.05) is 18.3 Å². The molecular formula is C19H19N3O3. The molecule has 1 unspecified atom stereocenters. The molecule has 2 heterocycles. The van der Waals surface area contributed by atoms with Gasteiger partial charge < -0.3 is 19.4 Å². The SMILES string of the molecule is Cn1c(-c2ccc(NC(=O)C3COCCO3)cc2)nc2ccccc21. The van der Waals surface area contributed by atoms with Crippen molar-refractivity contribution in [2.24, 2.45) is 7.05 Å². The molecule has 1 aliphatic heterocycles. The zero-order valence-electron chi connectivity index (χ0n) is 13.9. The van der Waals surface area contributed by atoms with E-state index in [1.165, 1.54) is 0 Å². The number of aromatic nitrogens is 2. The number of rotatable bonds is 3. The summed E-state index contributed by atoms with van der Waals surface area (Å²) in [5.41, 5.74) is 3.77. The van der Waals surface area contributed by atoms with Gasteiger partial charge in [-0.1, -0.05) is 12.1 Å². The standard InChI is InChI=1S/C19H19N3O3/c1-22-16-5-3-2-4-15(16)21-18(22)13-6-8-14(9-7-13)20-19(23)17-12-24-10-11-25-17/h2-9,17H,10-12H2,1H3,(H,20,23). The molecule has 6 nitrogen and oxygen atoms in total. The van der Waals surface area contributed by atoms with Gasteiger partial charge in [-0.25, -0.2) is 4.98 Å². The maximum absolute atomic E-state index is 12.2. The number of carbonyl (C=O) groups is 1. The second-order valence-electron chi connectivity index (χ2n) is 5.98. The number of carbonyl (C=O) groups excluding carboxylic acids is 1. The second kappa shape index (κ2) is 6.66. The van der Waals surface area contributed by atoms with Gasteiger partial charge in [0.15, 0.2) is 6.10 Å². The Morgan fingerprint density at radius 2 is 1.96 bits per heavy atom. The van der Waals surface area contributed by atoms with E-state index >= 15 is 0 Å². The predicted octanol–water partition coefficient (Wildman–Crippen LogP) is 2.59. The lowest BCUT2D eigenvalue weighted by molar-refractivity contribution is -0.142. The van der Waals surface area contributed by atoms with Gasteiger partial charge in [0.05, 0.1) is 30.9 Å². The van der Waals surface area contributed by atoms with Crippen molar-refractivity contribution in [2.75, 3.05) is 25.1 Å². The highest BCUT2D eigenvalue weighted by molar-refractivity contribution is 5.94. The number of hydrogen-bond acceptors (Lipinski definition) is 4. The Bertz CT molecular complexity index is 896. The summed E-state index contributed by atoms with van der Waals surface area (Å²) < 4.78 is 12.7. The van der Waals surface area contributed by atoms with Crippen molar-refractivity contribution in [1.29, 1.82) is 0 Å². The predicted molar refractivity (Wildman–Crippen MR) is 95.3 cm³/mol. The molecule has 1 aromatic heterocycles. The number of ether oxygens (including phenoxy) is 2. The third-order valence-electron chi connectivity index (χ3n) is 4.31. The van der Waals surface area contributed by atoms with Gasteiger partial charge >= 0.3 is 0 Å². The number of nitrogens with one attached hydrogen (secondary N) is 1. The van der Waals surface area contributed by atoms with Crippen LogP contribution in [0.2, 0.25) is 0 Å². The van der Waals surface area contributed by atoms with Crippen molar-refractivity contribution in [3.63, 3.8) is 0 Å². The highest BCUT2D eigenvalue weighted by Crippen LogP contribution is 2.24. The second-order valence-corrected chi connectivity index (χ2v) is 5.98. The zero-order chi connectivity index (χ0) is 17.2. The fraction of sp³-hybridized carbons (Fsp3) is 0.263. The number of imidazole rings is 1. The molecule has 0 radical (unpaired) electrons. The first-order valence-corrected chi connectivity index (χ1v) is 8.24. The fourth-order valence-electron chi connectivity index (χ4n) is 2.97. The number of aryl methyl sites for hydroxylation is 1. The van der Waals surface area contributed by atoms with Crippen LogP contribution >= 0.6 is 0 Å². The van der Waals surface area contributed by atoms with E-state index < -0.39 is 6.10 Å². The number of hydrogen-bond donors (Lipinski definition) is 1. The highest BCUT2D eigenvalue weighted by Gasteiger charge is 2.22. The molecule has 0 spiro atoms. The molecule has 4 rings (SSSR count). The minimum absolute atomic E-state index is 0.185. The van der Waals surface area contributed by atoms with Crippen LogP contribution in [0, 0.1) is 0 Å². The van der Waals surface area contributed by atoms with Gasteiger partial charge in [-0.15, -0.1) is 0 Å². The van der Waals surface area contributed by atoms with Crippen LogP contribution in [0.5, 0.6) is 0 Å². The van der Waals surface area contributed by atoms with Crippen molar-refractivity contribution in [3.05, 3.63) is 48.5 Å². The third-order valence-corrected chi connectivity index (χ3v) is 4.31. The summed E-state index contributed by atoms with van der Waals surface area (Å²) in [5, 5.41) is 2.86. The molecule has 3 aromatic rings. The Morgan fingerprint density at radius 1 is 1.16 bits per heavy atom. The van der Waals surface area contributed by atoms with Gasteiger partial charge in [-0.2, -0.15) is 0 Å². The molecule has 128 valence electrons. The normalized spacial score (nSPS) is 17.6. The molecule has 1 N–H and O–H groups in total. The smallest absolute Gasteiger partial charge is 0.255 e. The van der Waals surface area contributed by atoms with E-state index in [4.69, 9.17) is 9.47 Å². The summed E-state index contributed by atoms with van der Waals surface area (Å²) in [5.74, 6) is 0.707. The highest BCUT2D eigenvalue weighted by atomic mass is 16.6. The van der Waals surface area contributed by atoms with Crippen molar-refractivity contribution < 1.29 is 14.3 Å². The van der Waals surface area contributed by atoms with Gasteiger partial charge in [0.2, 0.25) is 0 Å². The van der Waals surface area contributed by atoms with Crippen LogP contribution in [0.4, 0.5) is 5.69 Å². The molecule has 1 atom stereocenters. The first-order valence-electron chi connectivity index (χ1n) is 8.24. The van der Waals surface area contributed by atoms with E-state index in [-0.39, 0.29) is 5.91 Å². The topological polar surface area (TPSA) is 65.4 Å². The van der Waals surface area contributed by atoms with Crippen molar-refractivity contribution >= 4 is 22.6 Å². The summed E-state index contributed by atoms with van der Waals surface area (Å²) in [6.07, 6.45) is -0.548. The number of fused-ring (bicyclic) bond motifs is 1. The van der Waals surface area contributed by atoms with Crippen LogP contribution in [0.3, 0.4) is 0 Å². The van der Waals surface area contributed by atoms with E-state index in [2.05, 4.69) is 14.9 Å². The molecular weight excluding hydrogens is 318 g/mol. The van der Waals surface area contributed by atoms with Gasteiger partial charge in [0.1, 0.15) is 5.82 Å². The lowest BCUT2D eigenvalue weighted by Gasteiger charge is -2.22. The Balaban J connectivity index is 1.53. The Morgan fingerprint density at radius 3 is 2.68 bits per heavy atom. The molecule has 1 saturated heterocycles. The van der Waals surface area contributed by atoms with E-state index in [0.29, 0.717) is 19.8 Å². The van der Waals surface area contributed by atoms with Crippen molar-refractivity contribution in [3.8, 4) is 11.4 Å². The van der Waals surface area contributed by atoms with Crippen molar-refractivity contribution in [1.82, 2.24) is 9.55 Å². The molecule has 6 heteroatoms. The van der Waals surface area contributed by atoms with Crippen LogP contribution in [0.15, 0.2) is 48.5 Å². The number of amides is 1. The average molecular weight is 337 g/mol. The monoisotopic (exact) mass is 337 g/mol. The maximum atomic E-state index is 12.2. The molecule has 0 aliphatic carbocycles. The molecule has 1 fully saturated rings. The molecule has 0 saturated carbocycles. The minimum atomic E-state index is -0.548.